The van der Waals surface area contributed by atoms with E-state index in [0.29, 0.717) is 44.1 Å². The summed E-state index contributed by atoms with van der Waals surface area (Å²) < 4.78 is 0. The standard InChI is InChI=1S/C31H36N4O5/c1-17(2)23-15-20(14-18(3)19(23)4)16-32-28(37)21-10-12-34(13-11-21)24-7-5-6-22-27(24)31(40)35(30(22)39)25-8-9-26(36)33-29(25)38/h5-7,14-15,17,21,25H,8-13,16H2,1-4H3,(H,32,37)(H,33,36,38). The Morgan fingerprint density at radius 2 is 1.75 bits per heavy atom. The first-order chi connectivity index (χ1) is 19.1. The van der Waals surface area contributed by atoms with E-state index < -0.39 is 29.7 Å². The summed E-state index contributed by atoms with van der Waals surface area (Å²) in [6.45, 7) is 10.2. The Labute approximate surface area is 234 Å². The first kappa shape index (κ1) is 27.6. The molecule has 1 atom stereocenters. The maximum Gasteiger partial charge on any atom is 0.264 e. The van der Waals surface area contributed by atoms with Gasteiger partial charge in [0.25, 0.3) is 11.8 Å². The second-order valence-electron chi connectivity index (χ2n) is 11.4. The first-order valence-corrected chi connectivity index (χ1v) is 14.0. The van der Waals surface area contributed by atoms with Crippen LogP contribution in [0.5, 0.6) is 0 Å². The molecule has 2 aromatic carbocycles. The van der Waals surface area contributed by atoms with Crippen molar-refractivity contribution in [3.05, 3.63) is 63.7 Å². The fourth-order valence-corrected chi connectivity index (χ4v) is 6.14. The number of benzene rings is 2. The van der Waals surface area contributed by atoms with Crippen LogP contribution in [-0.2, 0) is 20.9 Å². The smallest absolute Gasteiger partial charge is 0.264 e. The van der Waals surface area contributed by atoms with Gasteiger partial charge in [-0.1, -0.05) is 32.0 Å². The molecule has 3 aliphatic heterocycles. The third kappa shape index (κ3) is 5.00. The highest BCUT2D eigenvalue weighted by molar-refractivity contribution is 6.25. The van der Waals surface area contributed by atoms with E-state index in [0.717, 1.165) is 10.5 Å². The van der Waals surface area contributed by atoms with Crippen molar-refractivity contribution in [2.24, 2.45) is 5.92 Å². The van der Waals surface area contributed by atoms with E-state index in [1.165, 1.54) is 16.7 Å². The van der Waals surface area contributed by atoms with E-state index in [2.05, 4.69) is 50.5 Å². The molecule has 210 valence electrons. The Morgan fingerprint density at radius 1 is 1.02 bits per heavy atom. The predicted molar refractivity (Wildman–Crippen MR) is 150 cm³/mol. The van der Waals surface area contributed by atoms with Crippen molar-refractivity contribution in [2.75, 3.05) is 18.0 Å². The van der Waals surface area contributed by atoms with Gasteiger partial charge in [0, 0.05) is 32.0 Å². The van der Waals surface area contributed by atoms with Gasteiger partial charge in [-0.05, 0) is 73.4 Å². The summed E-state index contributed by atoms with van der Waals surface area (Å²) in [6, 6.07) is 8.47. The van der Waals surface area contributed by atoms with Gasteiger partial charge in [0.05, 0.1) is 16.8 Å². The van der Waals surface area contributed by atoms with E-state index in [1.807, 2.05) is 11.0 Å². The van der Waals surface area contributed by atoms with E-state index >= 15 is 0 Å². The Kier molecular flexibility index (Phi) is 7.49. The highest BCUT2D eigenvalue weighted by Crippen LogP contribution is 2.36. The fraction of sp³-hybridized carbons (Fsp3) is 0.452. The van der Waals surface area contributed by atoms with Gasteiger partial charge in [-0.2, -0.15) is 0 Å². The van der Waals surface area contributed by atoms with Crippen LogP contribution in [0.4, 0.5) is 5.69 Å². The average molecular weight is 545 g/mol. The number of rotatable bonds is 6. The van der Waals surface area contributed by atoms with Crippen LogP contribution < -0.4 is 15.5 Å². The van der Waals surface area contributed by atoms with Gasteiger partial charge in [0.15, 0.2) is 0 Å². The number of aryl methyl sites for hydroxylation is 1. The van der Waals surface area contributed by atoms with Crippen LogP contribution in [0, 0.1) is 19.8 Å². The van der Waals surface area contributed by atoms with Crippen LogP contribution in [0.15, 0.2) is 30.3 Å². The van der Waals surface area contributed by atoms with Crippen LogP contribution >= 0.6 is 0 Å². The summed E-state index contributed by atoms with van der Waals surface area (Å²) in [6.07, 6.45) is 1.44. The zero-order valence-electron chi connectivity index (χ0n) is 23.5. The van der Waals surface area contributed by atoms with E-state index in [4.69, 9.17) is 0 Å². The van der Waals surface area contributed by atoms with E-state index in [9.17, 15) is 24.0 Å². The normalized spacial score (nSPS) is 19.8. The molecule has 2 N–H and O–H groups in total. The topological polar surface area (TPSA) is 116 Å². The lowest BCUT2D eigenvalue weighted by Gasteiger charge is -2.34. The number of anilines is 1. The second-order valence-corrected chi connectivity index (χ2v) is 11.4. The van der Waals surface area contributed by atoms with Crippen molar-refractivity contribution in [3.63, 3.8) is 0 Å². The van der Waals surface area contributed by atoms with Crippen molar-refractivity contribution < 1.29 is 24.0 Å². The molecule has 2 fully saturated rings. The van der Waals surface area contributed by atoms with Crippen molar-refractivity contribution >= 4 is 35.2 Å². The number of fused-ring (bicyclic) bond motifs is 1. The summed E-state index contributed by atoms with van der Waals surface area (Å²) >= 11 is 0. The number of hydrogen-bond donors (Lipinski definition) is 2. The number of carbonyl (C=O) groups is 5. The Balaban J connectivity index is 1.24. The molecule has 40 heavy (non-hydrogen) atoms. The fourth-order valence-electron chi connectivity index (χ4n) is 6.14. The zero-order chi connectivity index (χ0) is 28.7. The number of imide groups is 2. The van der Waals surface area contributed by atoms with Crippen molar-refractivity contribution in [2.45, 2.75) is 71.9 Å². The van der Waals surface area contributed by atoms with Crippen LogP contribution in [0.1, 0.15) is 88.4 Å². The predicted octanol–water partition coefficient (Wildman–Crippen LogP) is 3.36. The minimum atomic E-state index is -0.999. The summed E-state index contributed by atoms with van der Waals surface area (Å²) in [5.41, 5.74) is 6.12. The highest BCUT2D eigenvalue weighted by atomic mass is 16.2. The largest absolute Gasteiger partial charge is 0.371 e. The van der Waals surface area contributed by atoms with Gasteiger partial charge < -0.3 is 10.2 Å². The summed E-state index contributed by atoms with van der Waals surface area (Å²) in [5, 5.41) is 5.34. The van der Waals surface area contributed by atoms with Gasteiger partial charge >= 0.3 is 0 Å². The van der Waals surface area contributed by atoms with Crippen molar-refractivity contribution in [3.8, 4) is 0 Å². The third-order valence-corrected chi connectivity index (χ3v) is 8.51. The Morgan fingerprint density at radius 3 is 2.42 bits per heavy atom. The van der Waals surface area contributed by atoms with E-state index in [1.54, 1.807) is 12.1 Å². The highest BCUT2D eigenvalue weighted by Gasteiger charge is 2.46. The van der Waals surface area contributed by atoms with Gasteiger partial charge in [-0.15, -0.1) is 0 Å². The maximum atomic E-state index is 13.4. The number of nitrogens with zero attached hydrogens (tertiary/aromatic N) is 2. The minimum absolute atomic E-state index is 0.0255. The summed E-state index contributed by atoms with van der Waals surface area (Å²) in [7, 11) is 0. The van der Waals surface area contributed by atoms with Gasteiger partial charge in [0.2, 0.25) is 17.7 Å². The molecule has 0 bridgehead atoms. The molecular formula is C31H36N4O5. The molecule has 0 aromatic heterocycles. The molecule has 1 unspecified atom stereocenters. The molecule has 5 rings (SSSR count). The lowest BCUT2D eigenvalue weighted by molar-refractivity contribution is -0.136. The molecule has 2 aromatic rings. The molecule has 9 nitrogen and oxygen atoms in total. The molecule has 3 aliphatic rings. The van der Waals surface area contributed by atoms with Gasteiger partial charge in [0.1, 0.15) is 6.04 Å². The molecule has 0 spiro atoms. The number of carbonyl (C=O) groups excluding carboxylic acids is 5. The number of piperidine rings is 2. The molecule has 0 radical (unpaired) electrons. The van der Waals surface area contributed by atoms with E-state index in [-0.39, 0.29) is 35.8 Å². The minimum Gasteiger partial charge on any atom is -0.371 e. The molecule has 5 amide bonds. The summed E-state index contributed by atoms with van der Waals surface area (Å²) in [5.74, 6) is -1.76. The molecule has 2 saturated heterocycles. The zero-order valence-corrected chi connectivity index (χ0v) is 23.5. The Bertz CT molecular complexity index is 1410. The maximum absolute atomic E-state index is 13.4. The monoisotopic (exact) mass is 544 g/mol. The SMILES string of the molecule is Cc1cc(CNC(=O)C2CCN(c3cccc4c3C(=O)N(C3CCC(=O)NC3=O)C4=O)CC2)cc(C(C)C)c1C. The number of amides is 5. The van der Waals surface area contributed by atoms with Crippen LogP contribution in [0.25, 0.3) is 0 Å². The molecule has 0 saturated carbocycles. The summed E-state index contributed by atoms with van der Waals surface area (Å²) in [4.78, 5) is 66.7. The average Bonchev–Trinajstić information content (AvgIpc) is 3.18. The van der Waals surface area contributed by atoms with Crippen LogP contribution in [0.2, 0.25) is 0 Å². The van der Waals surface area contributed by atoms with Crippen molar-refractivity contribution in [1.29, 1.82) is 0 Å². The third-order valence-electron chi connectivity index (χ3n) is 8.51. The molecule has 0 aliphatic carbocycles. The van der Waals surface area contributed by atoms with Gasteiger partial charge in [-0.3, -0.25) is 34.2 Å². The molecule has 9 heteroatoms. The van der Waals surface area contributed by atoms with Crippen LogP contribution in [0.3, 0.4) is 0 Å². The number of nitrogens with one attached hydrogen (secondary N) is 2. The number of hydrogen-bond acceptors (Lipinski definition) is 6. The first-order valence-electron chi connectivity index (χ1n) is 14.0. The molecule has 3 heterocycles. The Hall–Kier alpha value is -4.01. The lowest BCUT2D eigenvalue weighted by Crippen LogP contribution is -2.54. The second kappa shape index (κ2) is 10.9. The quantitative estimate of drug-likeness (QED) is 0.539. The van der Waals surface area contributed by atoms with Gasteiger partial charge in [-0.25, -0.2) is 0 Å². The van der Waals surface area contributed by atoms with Crippen LogP contribution in [-0.4, -0.2) is 53.6 Å². The van der Waals surface area contributed by atoms with Crippen molar-refractivity contribution in [1.82, 2.24) is 15.5 Å². The molecular weight excluding hydrogens is 508 g/mol. The lowest BCUT2D eigenvalue weighted by atomic mass is 9.92.